The molecule has 1 aliphatic rings. The van der Waals surface area contributed by atoms with Crippen molar-refractivity contribution < 1.29 is 0 Å². The van der Waals surface area contributed by atoms with Gasteiger partial charge >= 0.3 is 0 Å². The van der Waals surface area contributed by atoms with Crippen LogP contribution < -0.4 is 4.90 Å². The number of aryl methyl sites for hydroxylation is 1. The Morgan fingerprint density at radius 1 is 1.44 bits per heavy atom. The maximum atomic E-state index is 5.84. The maximum Gasteiger partial charge on any atom is 0.131 e. The molecule has 1 aliphatic heterocycles. The summed E-state index contributed by atoms with van der Waals surface area (Å²) in [5.74, 6) is 1.63. The number of hydrogen-bond donors (Lipinski definition) is 0. The van der Waals surface area contributed by atoms with E-state index in [2.05, 4.69) is 41.9 Å². The quantitative estimate of drug-likeness (QED) is 0.785. The Balaban J connectivity index is 2.11. The summed E-state index contributed by atoms with van der Waals surface area (Å²) in [7, 11) is 4.35. The van der Waals surface area contributed by atoms with Crippen molar-refractivity contribution >= 4 is 17.4 Å². The number of pyridine rings is 1. The van der Waals surface area contributed by atoms with Gasteiger partial charge in [-0.1, -0.05) is 0 Å². The monoisotopic (exact) mass is 267 g/mol. The van der Waals surface area contributed by atoms with Gasteiger partial charge in [-0.25, -0.2) is 4.98 Å². The van der Waals surface area contributed by atoms with Gasteiger partial charge in [-0.05, 0) is 57.1 Å². The summed E-state index contributed by atoms with van der Waals surface area (Å²) in [5, 5.41) is 0. The Morgan fingerprint density at radius 2 is 2.11 bits per heavy atom. The number of aromatic nitrogens is 1. The first-order valence-electron chi connectivity index (χ1n) is 6.54. The van der Waals surface area contributed by atoms with Crippen molar-refractivity contribution in [2.45, 2.75) is 31.7 Å². The van der Waals surface area contributed by atoms with E-state index in [1.165, 1.54) is 31.5 Å². The average Bonchev–Trinajstić information content (AvgIpc) is 2.38. The number of likely N-dealkylation sites (tertiary alicyclic amines) is 1. The summed E-state index contributed by atoms with van der Waals surface area (Å²) >= 11 is 5.84. The molecule has 2 rings (SSSR count). The topological polar surface area (TPSA) is 19.4 Å². The van der Waals surface area contributed by atoms with Gasteiger partial charge in [-0.15, -0.1) is 11.6 Å². The van der Waals surface area contributed by atoms with Crippen LogP contribution in [0.15, 0.2) is 12.3 Å². The first-order valence-corrected chi connectivity index (χ1v) is 7.08. The van der Waals surface area contributed by atoms with Crippen molar-refractivity contribution in [2.24, 2.45) is 0 Å². The van der Waals surface area contributed by atoms with Crippen molar-refractivity contribution in [3.05, 3.63) is 23.4 Å². The molecule has 3 nitrogen and oxygen atoms in total. The fraction of sp³-hybridized carbons (Fsp3) is 0.643. The van der Waals surface area contributed by atoms with E-state index in [9.17, 15) is 0 Å². The molecule has 0 amide bonds. The second-order valence-corrected chi connectivity index (χ2v) is 5.53. The lowest BCUT2D eigenvalue weighted by atomic mass is 10.0. The number of hydrogen-bond acceptors (Lipinski definition) is 3. The molecule has 0 aliphatic carbocycles. The van der Waals surface area contributed by atoms with E-state index in [0.29, 0.717) is 11.9 Å². The number of halogens is 1. The summed E-state index contributed by atoms with van der Waals surface area (Å²) in [6, 6.07) is 2.75. The van der Waals surface area contributed by atoms with Crippen LogP contribution >= 0.6 is 11.6 Å². The van der Waals surface area contributed by atoms with Crippen LogP contribution in [-0.2, 0) is 5.88 Å². The lowest BCUT2D eigenvalue weighted by molar-refractivity contribution is 0.252. The van der Waals surface area contributed by atoms with Crippen molar-refractivity contribution in [3.8, 4) is 0 Å². The molecule has 0 radical (unpaired) electrons. The molecular weight excluding hydrogens is 246 g/mol. The summed E-state index contributed by atoms with van der Waals surface area (Å²) in [5.41, 5.74) is 2.31. The minimum atomic E-state index is 0.534. The van der Waals surface area contributed by atoms with Crippen LogP contribution in [0.25, 0.3) is 0 Å². The van der Waals surface area contributed by atoms with Gasteiger partial charge in [0.2, 0.25) is 0 Å². The third kappa shape index (κ3) is 2.96. The lowest BCUT2D eigenvalue weighted by Crippen LogP contribution is -2.42. The molecule has 4 heteroatoms. The Bertz CT molecular complexity index is 400. The molecule has 2 heterocycles. The first-order chi connectivity index (χ1) is 8.61. The Hall–Kier alpha value is -0.800. The van der Waals surface area contributed by atoms with Gasteiger partial charge < -0.3 is 9.80 Å². The average molecular weight is 268 g/mol. The Kier molecular flexibility index (Phi) is 4.46. The highest BCUT2D eigenvalue weighted by molar-refractivity contribution is 6.17. The summed E-state index contributed by atoms with van der Waals surface area (Å²) in [4.78, 5) is 9.29. The molecule has 0 unspecified atom stereocenters. The second kappa shape index (κ2) is 5.89. The second-order valence-electron chi connectivity index (χ2n) is 5.26. The molecule has 1 fully saturated rings. The van der Waals surface area contributed by atoms with Crippen LogP contribution in [0, 0.1) is 6.92 Å². The van der Waals surface area contributed by atoms with Gasteiger partial charge in [0.15, 0.2) is 0 Å². The van der Waals surface area contributed by atoms with Gasteiger partial charge in [0.1, 0.15) is 5.82 Å². The largest absolute Gasteiger partial charge is 0.356 e. The van der Waals surface area contributed by atoms with E-state index in [4.69, 9.17) is 11.6 Å². The zero-order chi connectivity index (χ0) is 13.1. The predicted octanol–water partition coefficient (Wildman–Crippen LogP) is 2.66. The highest BCUT2D eigenvalue weighted by Crippen LogP contribution is 2.23. The fourth-order valence-electron chi connectivity index (χ4n) is 2.62. The molecule has 0 spiro atoms. The molecule has 0 saturated carbocycles. The van der Waals surface area contributed by atoms with Crippen LogP contribution in [0.3, 0.4) is 0 Å². The van der Waals surface area contributed by atoms with E-state index in [0.717, 1.165) is 11.4 Å². The number of anilines is 1. The van der Waals surface area contributed by atoms with Gasteiger partial charge in [0.05, 0.1) is 0 Å². The number of alkyl halides is 1. The Labute approximate surface area is 115 Å². The number of piperidine rings is 1. The van der Waals surface area contributed by atoms with E-state index >= 15 is 0 Å². The summed E-state index contributed by atoms with van der Waals surface area (Å²) in [6.07, 6.45) is 4.32. The Morgan fingerprint density at radius 3 is 2.67 bits per heavy atom. The van der Waals surface area contributed by atoms with Gasteiger partial charge in [-0.2, -0.15) is 0 Å². The van der Waals surface area contributed by atoms with E-state index < -0.39 is 0 Å². The highest BCUT2D eigenvalue weighted by Gasteiger charge is 2.22. The molecule has 100 valence electrons. The molecule has 1 saturated heterocycles. The minimum absolute atomic E-state index is 0.534. The number of rotatable bonds is 3. The molecule has 0 bridgehead atoms. The standard InChI is InChI=1S/C14H22ClN3/c1-11-8-12(9-15)10-16-14(11)18(3)13-4-6-17(2)7-5-13/h8,10,13H,4-7,9H2,1-3H3. The highest BCUT2D eigenvalue weighted by atomic mass is 35.5. The smallest absolute Gasteiger partial charge is 0.131 e. The van der Waals surface area contributed by atoms with Crippen molar-refractivity contribution in [1.29, 1.82) is 0 Å². The maximum absolute atomic E-state index is 5.84. The van der Waals surface area contributed by atoms with Crippen LogP contribution in [-0.4, -0.2) is 43.1 Å². The zero-order valence-electron chi connectivity index (χ0n) is 11.5. The van der Waals surface area contributed by atoms with Crippen LogP contribution in [0.1, 0.15) is 24.0 Å². The van der Waals surface area contributed by atoms with Crippen LogP contribution in [0.2, 0.25) is 0 Å². The normalized spacial score (nSPS) is 18.0. The van der Waals surface area contributed by atoms with E-state index in [1.807, 2.05) is 6.20 Å². The van der Waals surface area contributed by atoms with Crippen molar-refractivity contribution in [3.63, 3.8) is 0 Å². The van der Waals surface area contributed by atoms with Gasteiger partial charge in [-0.3, -0.25) is 0 Å². The van der Waals surface area contributed by atoms with Gasteiger partial charge in [0, 0.05) is 25.2 Å². The lowest BCUT2D eigenvalue weighted by Gasteiger charge is -2.36. The SMILES string of the molecule is Cc1cc(CCl)cnc1N(C)C1CCN(C)CC1. The molecule has 1 aromatic rings. The molecule has 1 aromatic heterocycles. The fourth-order valence-corrected chi connectivity index (χ4v) is 2.77. The first kappa shape index (κ1) is 13.6. The summed E-state index contributed by atoms with van der Waals surface area (Å²) < 4.78 is 0. The molecular formula is C14H22ClN3. The molecule has 0 aromatic carbocycles. The third-order valence-corrected chi connectivity index (χ3v) is 4.14. The van der Waals surface area contributed by atoms with Crippen LogP contribution in [0.4, 0.5) is 5.82 Å². The van der Waals surface area contributed by atoms with Gasteiger partial charge in [0.25, 0.3) is 0 Å². The van der Waals surface area contributed by atoms with Crippen molar-refractivity contribution in [1.82, 2.24) is 9.88 Å². The van der Waals surface area contributed by atoms with Crippen molar-refractivity contribution in [2.75, 3.05) is 32.1 Å². The summed E-state index contributed by atoms with van der Waals surface area (Å²) in [6.45, 7) is 4.46. The molecule has 0 N–H and O–H groups in total. The third-order valence-electron chi connectivity index (χ3n) is 3.83. The predicted molar refractivity (Wildman–Crippen MR) is 77.5 cm³/mol. The zero-order valence-corrected chi connectivity index (χ0v) is 12.2. The van der Waals surface area contributed by atoms with E-state index in [1.54, 1.807) is 0 Å². The van der Waals surface area contributed by atoms with Crippen LogP contribution in [0.5, 0.6) is 0 Å². The minimum Gasteiger partial charge on any atom is -0.356 e. The van der Waals surface area contributed by atoms with E-state index in [-0.39, 0.29) is 0 Å². The number of nitrogens with zero attached hydrogens (tertiary/aromatic N) is 3. The molecule has 18 heavy (non-hydrogen) atoms. The molecule has 0 atom stereocenters.